The second-order valence-corrected chi connectivity index (χ2v) is 5.38. The highest BCUT2D eigenvalue weighted by Gasteiger charge is 2.16. The minimum Gasteiger partial charge on any atom is -0.508 e. The van der Waals surface area contributed by atoms with Gasteiger partial charge in [0.05, 0.1) is 12.8 Å². The number of hydrogen-bond donors (Lipinski definition) is 1. The van der Waals surface area contributed by atoms with Crippen LogP contribution in [0.25, 0.3) is 0 Å². The van der Waals surface area contributed by atoms with Gasteiger partial charge in [-0.1, -0.05) is 13.8 Å². The van der Waals surface area contributed by atoms with Crippen LogP contribution in [0.3, 0.4) is 0 Å². The molecule has 0 bridgehead atoms. The van der Waals surface area contributed by atoms with Gasteiger partial charge in [-0.3, -0.25) is 4.68 Å². The molecule has 0 aliphatic heterocycles. The lowest BCUT2D eigenvalue weighted by Crippen LogP contribution is -2.13. The molecule has 2 aromatic rings. The van der Waals surface area contributed by atoms with E-state index < -0.39 is 0 Å². The Morgan fingerprint density at radius 2 is 2.19 bits per heavy atom. The second kappa shape index (κ2) is 7.13. The molecular weight excluding hydrogens is 268 g/mol. The number of ether oxygens (including phenoxy) is 2. The maximum Gasteiger partial charge on any atom is 0.150 e. The van der Waals surface area contributed by atoms with Gasteiger partial charge in [0.2, 0.25) is 0 Å². The Bertz CT molecular complexity index is 566. The van der Waals surface area contributed by atoms with Gasteiger partial charge >= 0.3 is 0 Å². The van der Waals surface area contributed by atoms with Gasteiger partial charge in [0.25, 0.3) is 0 Å². The fraction of sp³-hybridized carbons (Fsp3) is 0.438. The molecule has 5 heteroatoms. The van der Waals surface area contributed by atoms with Crippen molar-refractivity contribution in [2.24, 2.45) is 5.92 Å². The average Bonchev–Trinajstić information content (AvgIpc) is 2.86. The van der Waals surface area contributed by atoms with Crippen molar-refractivity contribution in [3.05, 3.63) is 42.2 Å². The monoisotopic (exact) mass is 289 g/mol. The van der Waals surface area contributed by atoms with Gasteiger partial charge in [-0.15, -0.1) is 0 Å². The summed E-state index contributed by atoms with van der Waals surface area (Å²) in [7, 11) is 1.63. The topological polar surface area (TPSA) is 56.5 Å². The summed E-state index contributed by atoms with van der Waals surface area (Å²) in [5.74, 6) is 1.20. The minimum atomic E-state index is -0.272. The summed E-state index contributed by atoms with van der Waals surface area (Å²) in [6, 6.07) is 7.54. The lowest BCUT2D eigenvalue weighted by Gasteiger charge is -2.17. The average molecular weight is 289 g/mol. The number of methoxy groups -OCH3 is 1. The first-order chi connectivity index (χ1) is 10.1. The van der Waals surface area contributed by atoms with Gasteiger partial charge in [0.1, 0.15) is 17.6 Å². The van der Waals surface area contributed by atoms with Gasteiger partial charge in [-0.05, 0) is 24.1 Å². The summed E-state index contributed by atoms with van der Waals surface area (Å²) in [4.78, 5) is 0. The first kappa shape index (κ1) is 15.4. The Kier molecular flexibility index (Phi) is 5.22. The minimum absolute atomic E-state index is 0.124. The standard InChI is InChI=1S/C16H21N2O3/c1-12(2)9-18-10-13(8-17-18)16(11-20-3)21-15-6-4-5-14(19)7-15/h5-8,10,12,16,19H,9,11H2,1-3H3. The van der Waals surface area contributed by atoms with E-state index in [1.807, 2.05) is 10.9 Å². The molecule has 1 N–H and O–H groups in total. The van der Waals surface area contributed by atoms with Crippen LogP contribution in [0.1, 0.15) is 25.5 Å². The van der Waals surface area contributed by atoms with Crippen molar-refractivity contribution in [3.8, 4) is 11.5 Å². The number of aromatic hydroxyl groups is 1. The first-order valence-corrected chi connectivity index (χ1v) is 6.96. The van der Waals surface area contributed by atoms with Crippen molar-refractivity contribution >= 4 is 0 Å². The predicted octanol–water partition coefficient (Wildman–Crippen LogP) is 2.81. The molecule has 21 heavy (non-hydrogen) atoms. The van der Waals surface area contributed by atoms with Crippen molar-refractivity contribution in [2.75, 3.05) is 13.7 Å². The lowest BCUT2D eigenvalue weighted by molar-refractivity contribution is 0.0807. The van der Waals surface area contributed by atoms with Crippen molar-refractivity contribution in [1.82, 2.24) is 9.78 Å². The quantitative estimate of drug-likeness (QED) is 0.851. The molecule has 113 valence electrons. The molecule has 0 aliphatic carbocycles. The summed E-state index contributed by atoms with van der Waals surface area (Å²) in [5, 5.41) is 13.8. The third kappa shape index (κ3) is 4.49. The molecule has 2 rings (SSSR count). The molecule has 1 aromatic heterocycles. The molecule has 1 unspecified atom stereocenters. The van der Waals surface area contributed by atoms with Crippen molar-refractivity contribution in [2.45, 2.75) is 26.5 Å². The number of phenols is 1. The zero-order chi connectivity index (χ0) is 15.2. The Balaban J connectivity index is 2.12. The van der Waals surface area contributed by atoms with E-state index in [0.717, 1.165) is 12.1 Å². The summed E-state index contributed by atoms with van der Waals surface area (Å²) in [6.07, 6.45) is 3.49. The Labute approximate surface area is 125 Å². The van der Waals surface area contributed by atoms with Crippen LogP contribution in [0.15, 0.2) is 30.6 Å². The molecule has 1 aromatic carbocycles. The van der Waals surface area contributed by atoms with E-state index in [4.69, 9.17) is 9.47 Å². The Morgan fingerprint density at radius 1 is 1.38 bits per heavy atom. The highest BCUT2D eigenvalue weighted by Crippen LogP contribution is 2.24. The highest BCUT2D eigenvalue weighted by atomic mass is 16.5. The SMILES string of the molecule is COCC(Oc1c[c]cc(O)c1)c1cnn(CC(C)C)c1. The molecule has 1 heterocycles. The van der Waals surface area contributed by atoms with Gasteiger partial charge in [0.15, 0.2) is 0 Å². The van der Waals surface area contributed by atoms with Gasteiger partial charge in [-0.2, -0.15) is 5.10 Å². The van der Waals surface area contributed by atoms with E-state index in [2.05, 4.69) is 25.0 Å². The molecule has 1 atom stereocenters. The van der Waals surface area contributed by atoms with Gasteiger partial charge in [-0.25, -0.2) is 0 Å². The van der Waals surface area contributed by atoms with E-state index in [9.17, 15) is 5.11 Å². The fourth-order valence-electron chi connectivity index (χ4n) is 2.04. The van der Waals surface area contributed by atoms with E-state index in [1.165, 1.54) is 6.07 Å². The number of aromatic nitrogens is 2. The van der Waals surface area contributed by atoms with Crippen LogP contribution in [-0.2, 0) is 11.3 Å². The smallest absolute Gasteiger partial charge is 0.150 e. The molecule has 0 saturated heterocycles. The fourth-order valence-corrected chi connectivity index (χ4v) is 2.04. The lowest BCUT2D eigenvalue weighted by atomic mass is 10.2. The molecule has 0 amide bonds. The molecule has 0 aliphatic rings. The maximum absolute atomic E-state index is 9.47. The molecule has 0 saturated carbocycles. The zero-order valence-electron chi connectivity index (χ0n) is 12.6. The van der Waals surface area contributed by atoms with Crippen LogP contribution >= 0.6 is 0 Å². The Morgan fingerprint density at radius 3 is 2.86 bits per heavy atom. The van der Waals surface area contributed by atoms with Crippen LogP contribution in [0.2, 0.25) is 0 Å². The first-order valence-electron chi connectivity index (χ1n) is 6.96. The predicted molar refractivity (Wildman–Crippen MR) is 79.3 cm³/mol. The highest BCUT2D eigenvalue weighted by molar-refractivity contribution is 5.31. The van der Waals surface area contributed by atoms with E-state index in [-0.39, 0.29) is 11.9 Å². The van der Waals surface area contributed by atoms with Crippen LogP contribution < -0.4 is 4.74 Å². The van der Waals surface area contributed by atoms with Gasteiger partial charge < -0.3 is 14.6 Å². The van der Waals surface area contributed by atoms with Crippen LogP contribution in [0.4, 0.5) is 0 Å². The van der Waals surface area contributed by atoms with E-state index >= 15 is 0 Å². The molecule has 0 spiro atoms. The number of nitrogens with zero attached hydrogens (tertiary/aromatic N) is 2. The largest absolute Gasteiger partial charge is 0.508 e. The normalized spacial score (nSPS) is 12.6. The number of benzene rings is 1. The van der Waals surface area contributed by atoms with Crippen molar-refractivity contribution < 1.29 is 14.6 Å². The molecular formula is C16H21N2O3. The van der Waals surface area contributed by atoms with Crippen molar-refractivity contribution in [1.29, 1.82) is 0 Å². The zero-order valence-corrected chi connectivity index (χ0v) is 12.6. The van der Waals surface area contributed by atoms with E-state index in [1.54, 1.807) is 25.4 Å². The van der Waals surface area contributed by atoms with Crippen LogP contribution in [-0.4, -0.2) is 28.6 Å². The number of hydrogen-bond acceptors (Lipinski definition) is 4. The second-order valence-electron chi connectivity index (χ2n) is 5.38. The maximum atomic E-state index is 9.47. The third-order valence-corrected chi connectivity index (χ3v) is 2.92. The summed E-state index contributed by atoms with van der Waals surface area (Å²) in [5.41, 5.74) is 0.945. The third-order valence-electron chi connectivity index (χ3n) is 2.92. The molecule has 1 radical (unpaired) electrons. The van der Waals surface area contributed by atoms with Crippen LogP contribution in [0, 0.1) is 12.0 Å². The summed E-state index contributed by atoms with van der Waals surface area (Å²) < 4.78 is 13.0. The van der Waals surface area contributed by atoms with Gasteiger partial charge in [0, 0.05) is 31.5 Å². The Hall–Kier alpha value is -2.01. The number of rotatable bonds is 7. The summed E-state index contributed by atoms with van der Waals surface area (Å²) >= 11 is 0. The van der Waals surface area contributed by atoms with E-state index in [0.29, 0.717) is 18.3 Å². The summed E-state index contributed by atoms with van der Waals surface area (Å²) in [6.45, 7) is 5.56. The number of phenolic OH excluding ortho intramolecular Hbond substituents is 1. The van der Waals surface area contributed by atoms with Crippen LogP contribution in [0.5, 0.6) is 11.5 Å². The molecule has 5 nitrogen and oxygen atoms in total. The van der Waals surface area contributed by atoms with Crippen molar-refractivity contribution in [3.63, 3.8) is 0 Å². The molecule has 0 fully saturated rings.